The van der Waals surface area contributed by atoms with Crippen LogP contribution in [0.5, 0.6) is 11.5 Å². The highest BCUT2D eigenvalue weighted by Gasteiger charge is 2.31. The van der Waals surface area contributed by atoms with Crippen molar-refractivity contribution in [1.82, 2.24) is 0 Å². The lowest BCUT2D eigenvalue weighted by atomic mass is 9.98. The van der Waals surface area contributed by atoms with E-state index in [1.165, 1.54) is 0 Å². The summed E-state index contributed by atoms with van der Waals surface area (Å²) in [5, 5.41) is 27.4. The highest BCUT2D eigenvalue weighted by Crippen LogP contribution is 2.40. The molecule has 11 heteroatoms. The van der Waals surface area contributed by atoms with Crippen molar-refractivity contribution < 1.29 is 51.9 Å². The quantitative estimate of drug-likeness (QED) is 0.426. The highest BCUT2D eigenvalue weighted by molar-refractivity contribution is 5.64. The highest BCUT2D eigenvalue weighted by atomic mass is 19.1. The molecule has 0 aliphatic carbocycles. The molecule has 0 saturated carbocycles. The molecule has 0 heterocycles. The van der Waals surface area contributed by atoms with Crippen molar-refractivity contribution in [3.05, 3.63) is 58.7 Å². The van der Waals surface area contributed by atoms with E-state index in [0.717, 1.165) is 0 Å². The first-order chi connectivity index (χ1) is 12.1. The van der Waals surface area contributed by atoms with Crippen LogP contribution in [0.15, 0.2) is 24.3 Å². The van der Waals surface area contributed by atoms with Crippen LogP contribution in [0.2, 0.25) is 0 Å². The second-order valence-corrected chi connectivity index (χ2v) is 4.68. The van der Waals surface area contributed by atoms with Crippen LogP contribution in [0.25, 0.3) is 0 Å². The van der Waals surface area contributed by atoms with Gasteiger partial charge in [0.05, 0.1) is 11.1 Å². The lowest BCUT2D eigenvalue weighted by Crippen LogP contribution is -2.15. The van der Waals surface area contributed by atoms with Gasteiger partial charge in [0.2, 0.25) is 0 Å². The van der Waals surface area contributed by atoms with Crippen molar-refractivity contribution in [2.45, 2.75) is 6.10 Å². The number of aliphatic hydroxyl groups is 1. The minimum atomic E-state index is -2.56. The number of hydrogen-bond acceptors (Lipinski definition) is 5. The third-order valence-electron chi connectivity index (χ3n) is 3.12. The Labute approximate surface area is 141 Å². The second kappa shape index (κ2) is 7.27. The zero-order valence-corrected chi connectivity index (χ0v) is 12.4. The van der Waals surface area contributed by atoms with E-state index in [-0.39, 0.29) is 0 Å². The lowest BCUT2D eigenvalue weighted by molar-refractivity contribution is 0.136. The zero-order chi connectivity index (χ0) is 19.6. The molecule has 0 unspecified atom stereocenters. The summed E-state index contributed by atoms with van der Waals surface area (Å²) in [5.41, 5.74) is -2.40. The molecule has 0 amide bonds. The first-order valence-corrected chi connectivity index (χ1v) is 6.58. The van der Waals surface area contributed by atoms with Crippen molar-refractivity contribution >= 4 is 12.3 Å². The molecule has 7 nitrogen and oxygen atoms in total. The van der Waals surface area contributed by atoms with E-state index in [1.54, 1.807) is 0 Å². The maximum atomic E-state index is 14.1. The van der Waals surface area contributed by atoms with Gasteiger partial charge in [-0.25, -0.2) is 27.2 Å². The Bertz CT molecular complexity index is 813. The molecule has 2 aromatic carbocycles. The molecule has 0 bridgehead atoms. The smallest absolute Gasteiger partial charge is 0.449 e. The number of hydrogen-bond donors (Lipinski definition) is 3. The van der Waals surface area contributed by atoms with Crippen LogP contribution >= 0.6 is 0 Å². The summed E-state index contributed by atoms with van der Waals surface area (Å²) in [7, 11) is 0. The minimum Gasteiger partial charge on any atom is -0.449 e. The van der Waals surface area contributed by atoms with Gasteiger partial charge < -0.3 is 24.8 Å². The number of carbonyl (C=O) groups is 2. The standard InChI is InChI=1S/C15H8F4O7/c16-5-1-3-7(18)12(25-14(21)22)9(5)11(20)10-6(17)2-4-8(19)13(10)26-15(23)24/h1-4,11,20H,(H,21,22)(H,23,24). The fraction of sp³-hybridized carbons (Fsp3) is 0.0667. The van der Waals surface area contributed by atoms with E-state index in [1.807, 2.05) is 0 Å². The van der Waals surface area contributed by atoms with Gasteiger partial charge in [-0.1, -0.05) is 0 Å². The predicted molar refractivity (Wildman–Crippen MR) is 74.1 cm³/mol. The van der Waals surface area contributed by atoms with Gasteiger partial charge in [-0.3, -0.25) is 0 Å². The van der Waals surface area contributed by atoms with Crippen molar-refractivity contribution in [3.63, 3.8) is 0 Å². The van der Waals surface area contributed by atoms with Crippen molar-refractivity contribution in [2.24, 2.45) is 0 Å². The Balaban J connectivity index is 2.73. The first-order valence-electron chi connectivity index (χ1n) is 6.58. The van der Waals surface area contributed by atoms with Crippen LogP contribution < -0.4 is 9.47 Å². The maximum Gasteiger partial charge on any atom is 0.511 e. The molecular formula is C15H8F4O7. The largest absolute Gasteiger partial charge is 0.511 e. The van der Waals surface area contributed by atoms with Crippen LogP contribution in [-0.2, 0) is 0 Å². The van der Waals surface area contributed by atoms with Gasteiger partial charge in [0.25, 0.3) is 0 Å². The zero-order valence-electron chi connectivity index (χ0n) is 12.4. The van der Waals surface area contributed by atoms with Crippen LogP contribution in [-0.4, -0.2) is 27.6 Å². The average Bonchev–Trinajstić information content (AvgIpc) is 2.53. The molecule has 0 aliphatic rings. The number of aliphatic hydroxyl groups excluding tert-OH is 1. The molecular weight excluding hydrogens is 368 g/mol. The Hall–Kier alpha value is -3.34. The Morgan fingerprint density at radius 1 is 0.731 bits per heavy atom. The Kier molecular flexibility index (Phi) is 5.31. The van der Waals surface area contributed by atoms with E-state index < -0.39 is 64.3 Å². The molecule has 0 aromatic heterocycles. The van der Waals surface area contributed by atoms with Crippen LogP contribution in [0.3, 0.4) is 0 Å². The molecule has 2 rings (SSSR count). The molecule has 0 atom stereocenters. The summed E-state index contributed by atoms with van der Waals surface area (Å²) in [5.74, 6) is -8.34. The summed E-state index contributed by atoms with van der Waals surface area (Å²) < 4.78 is 63.9. The van der Waals surface area contributed by atoms with Gasteiger partial charge in [-0.2, -0.15) is 0 Å². The number of benzene rings is 2. The van der Waals surface area contributed by atoms with Gasteiger partial charge >= 0.3 is 12.3 Å². The van der Waals surface area contributed by atoms with Crippen molar-refractivity contribution in [3.8, 4) is 11.5 Å². The summed E-state index contributed by atoms with van der Waals surface area (Å²) in [6.45, 7) is 0. The molecule has 0 fully saturated rings. The van der Waals surface area contributed by atoms with Crippen LogP contribution in [0, 0.1) is 23.3 Å². The average molecular weight is 376 g/mol. The van der Waals surface area contributed by atoms with Crippen molar-refractivity contribution in [1.29, 1.82) is 0 Å². The SMILES string of the molecule is O=C(O)Oc1c(F)ccc(F)c1C(O)c1c(F)ccc(F)c1OC(=O)O. The number of halogens is 4. The van der Waals surface area contributed by atoms with E-state index in [0.29, 0.717) is 24.3 Å². The van der Waals surface area contributed by atoms with Crippen LogP contribution in [0.1, 0.15) is 17.2 Å². The first kappa shape index (κ1) is 19.0. The van der Waals surface area contributed by atoms with Gasteiger partial charge in [-0.05, 0) is 24.3 Å². The molecule has 0 radical (unpaired) electrons. The summed E-state index contributed by atoms with van der Waals surface area (Å²) in [6, 6.07) is 1.88. The molecule has 138 valence electrons. The monoisotopic (exact) mass is 376 g/mol. The van der Waals surface area contributed by atoms with Gasteiger partial charge in [0, 0.05) is 0 Å². The predicted octanol–water partition coefficient (Wildman–Crippen LogP) is 3.44. The maximum absolute atomic E-state index is 14.1. The Morgan fingerprint density at radius 3 is 1.35 bits per heavy atom. The summed E-state index contributed by atoms with van der Waals surface area (Å²) >= 11 is 0. The summed E-state index contributed by atoms with van der Waals surface area (Å²) in [6.07, 6.45) is -6.72. The fourth-order valence-electron chi connectivity index (χ4n) is 2.13. The lowest BCUT2D eigenvalue weighted by Gasteiger charge is -2.19. The topological polar surface area (TPSA) is 113 Å². The fourth-order valence-corrected chi connectivity index (χ4v) is 2.13. The van der Waals surface area contributed by atoms with Gasteiger partial charge in [0.1, 0.15) is 17.7 Å². The normalized spacial score (nSPS) is 10.7. The van der Waals surface area contributed by atoms with Crippen LogP contribution in [0.4, 0.5) is 27.2 Å². The second-order valence-electron chi connectivity index (χ2n) is 4.68. The third kappa shape index (κ3) is 3.67. The third-order valence-corrected chi connectivity index (χ3v) is 3.12. The number of rotatable bonds is 4. The molecule has 2 aromatic rings. The molecule has 0 aliphatic heterocycles. The van der Waals surface area contributed by atoms with Gasteiger partial charge in [0.15, 0.2) is 23.1 Å². The molecule has 0 spiro atoms. The molecule has 0 saturated heterocycles. The Morgan fingerprint density at radius 2 is 1.04 bits per heavy atom. The van der Waals surface area contributed by atoms with Crippen molar-refractivity contribution in [2.75, 3.05) is 0 Å². The minimum absolute atomic E-state index is 0.470. The van der Waals surface area contributed by atoms with E-state index >= 15 is 0 Å². The molecule has 26 heavy (non-hydrogen) atoms. The van der Waals surface area contributed by atoms with E-state index in [2.05, 4.69) is 9.47 Å². The summed E-state index contributed by atoms with van der Waals surface area (Å²) in [4.78, 5) is 21.3. The molecule has 3 N–H and O–H groups in total. The van der Waals surface area contributed by atoms with E-state index in [9.17, 15) is 32.3 Å². The number of carboxylic acid groups (broad SMARTS) is 2. The van der Waals surface area contributed by atoms with E-state index in [4.69, 9.17) is 10.2 Å². The number of ether oxygens (including phenoxy) is 2. The van der Waals surface area contributed by atoms with Gasteiger partial charge in [-0.15, -0.1) is 0 Å².